The van der Waals surface area contributed by atoms with Crippen LogP contribution in [0.25, 0.3) is 0 Å². The van der Waals surface area contributed by atoms with Gasteiger partial charge in [-0.25, -0.2) is 0 Å². The molecule has 1 aliphatic rings. The van der Waals surface area contributed by atoms with Gasteiger partial charge in [-0.2, -0.15) is 0 Å². The van der Waals surface area contributed by atoms with Crippen molar-refractivity contribution in [3.05, 3.63) is 28.2 Å². The fourth-order valence-corrected chi connectivity index (χ4v) is 2.57. The number of halogens is 1. The van der Waals surface area contributed by atoms with E-state index in [1.807, 2.05) is 6.07 Å². The van der Waals surface area contributed by atoms with Gasteiger partial charge in [-0.3, -0.25) is 4.79 Å². The van der Waals surface area contributed by atoms with Crippen LogP contribution in [0.3, 0.4) is 0 Å². The number of anilines is 1. The van der Waals surface area contributed by atoms with Gasteiger partial charge in [0.15, 0.2) is 0 Å². The lowest BCUT2D eigenvalue weighted by Gasteiger charge is -2.25. The van der Waals surface area contributed by atoms with E-state index in [4.69, 9.17) is 0 Å². The normalized spacial score (nSPS) is 14.2. The van der Waals surface area contributed by atoms with Gasteiger partial charge in [0, 0.05) is 36.3 Å². The molecule has 110 valence electrons. The first-order chi connectivity index (χ1) is 9.63. The third-order valence-electron chi connectivity index (χ3n) is 3.54. The smallest absolute Gasteiger partial charge is 0.239 e. The van der Waals surface area contributed by atoms with Crippen LogP contribution < -0.4 is 15.5 Å². The number of amides is 1. The molecule has 0 aliphatic heterocycles. The van der Waals surface area contributed by atoms with Crippen LogP contribution in [0.2, 0.25) is 0 Å². The maximum absolute atomic E-state index is 11.6. The Hall–Kier alpha value is -1.07. The minimum Gasteiger partial charge on any atom is -0.362 e. The van der Waals surface area contributed by atoms with Gasteiger partial charge >= 0.3 is 0 Å². The molecule has 1 saturated carbocycles. The Morgan fingerprint density at radius 1 is 1.45 bits per heavy atom. The van der Waals surface area contributed by atoms with Crippen LogP contribution >= 0.6 is 15.9 Å². The molecular formula is C15H22BrN3O. The van der Waals surface area contributed by atoms with Gasteiger partial charge < -0.3 is 15.5 Å². The van der Waals surface area contributed by atoms with Crippen LogP contribution in [0, 0.1) is 0 Å². The van der Waals surface area contributed by atoms with E-state index in [-0.39, 0.29) is 5.91 Å². The Balaban J connectivity index is 2.15. The first-order valence-corrected chi connectivity index (χ1v) is 7.90. The van der Waals surface area contributed by atoms with E-state index in [0.717, 1.165) is 23.2 Å². The average Bonchev–Trinajstić information content (AvgIpc) is 3.27. The number of likely N-dealkylation sites (N-methyl/N-ethyl adjacent to an activating group) is 2. The maximum atomic E-state index is 11.6. The van der Waals surface area contributed by atoms with Crippen molar-refractivity contribution in [1.29, 1.82) is 0 Å². The molecule has 1 aliphatic carbocycles. The van der Waals surface area contributed by atoms with Gasteiger partial charge in [0.1, 0.15) is 0 Å². The third-order valence-corrected chi connectivity index (χ3v) is 4.03. The van der Waals surface area contributed by atoms with Gasteiger partial charge in [0.05, 0.1) is 6.54 Å². The molecule has 0 radical (unpaired) electrons. The molecule has 0 saturated heterocycles. The van der Waals surface area contributed by atoms with Crippen LogP contribution in [0.5, 0.6) is 0 Å². The largest absolute Gasteiger partial charge is 0.362 e. The summed E-state index contributed by atoms with van der Waals surface area (Å²) in [6, 6.07) is 6.93. The highest BCUT2D eigenvalue weighted by Crippen LogP contribution is 2.26. The summed E-state index contributed by atoms with van der Waals surface area (Å²) < 4.78 is 1.07. The number of rotatable bonds is 7. The van der Waals surface area contributed by atoms with Crippen LogP contribution in [0.4, 0.5) is 5.69 Å². The molecule has 1 aromatic carbocycles. The summed E-state index contributed by atoms with van der Waals surface area (Å²) in [6.45, 7) is 4.13. The van der Waals surface area contributed by atoms with Crippen molar-refractivity contribution >= 4 is 27.5 Å². The molecule has 0 aromatic heterocycles. The molecule has 2 rings (SSSR count). The molecule has 2 N–H and O–H groups in total. The van der Waals surface area contributed by atoms with Gasteiger partial charge in [0.2, 0.25) is 5.91 Å². The molecule has 1 fully saturated rings. The summed E-state index contributed by atoms with van der Waals surface area (Å²) in [5, 5.41) is 6.22. The summed E-state index contributed by atoms with van der Waals surface area (Å²) in [4.78, 5) is 13.7. The minimum absolute atomic E-state index is 0.0378. The molecule has 0 bridgehead atoms. The lowest BCUT2D eigenvalue weighted by atomic mass is 10.1. The Kier molecular flexibility index (Phi) is 5.43. The van der Waals surface area contributed by atoms with E-state index in [9.17, 15) is 4.79 Å². The molecule has 5 heteroatoms. The zero-order valence-corrected chi connectivity index (χ0v) is 13.7. The molecule has 20 heavy (non-hydrogen) atoms. The predicted octanol–water partition coefficient (Wildman–Crippen LogP) is 2.27. The Labute approximate surface area is 129 Å². The SMILES string of the molecule is CCN(CC(=O)NC)c1ccc(Br)cc1CNC1CC1. The first-order valence-electron chi connectivity index (χ1n) is 7.11. The highest BCUT2D eigenvalue weighted by Gasteiger charge is 2.21. The number of nitrogens with zero attached hydrogens (tertiary/aromatic N) is 1. The third kappa shape index (κ3) is 4.21. The number of nitrogens with one attached hydrogen (secondary N) is 2. The molecule has 4 nitrogen and oxygen atoms in total. The van der Waals surface area contributed by atoms with Crippen LogP contribution in [0.15, 0.2) is 22.7 Å². The molecule has 1 aromatic rings. The van der Waals surface area contributed by atoms with Crippen molar-refractivity contribution < 1.29 is 4.79 Å². The van der Waals surface area contributed by atoms with E-state index >= 15 is 0 Å². The summed E-state index contributed by atoms with van der Waals surface area (Å²) in [6.07, 6.45) is 2.55. The van der Waals surface area contributed by atoms with E-state index < -0.39 is 0 Å². The van der Waals surface area contributed by atoms with Crippen LogP contribution in [-0.4, -0.2) is 32.1 Å². The van der Waals surface area contributed by atoms with Crippen molar-refractivity contribution in [2.45, 2.75) is 32.4 Å². The zero-order valence-electron chi connectivity index (χ0n) is 12.1. The fraction of sp³-hybridized carbons (Fsp3) is 0.533. The van der Waals surface area contributed by atoms with Gasteiger partial charge in [-0.05, 0) is 43.5 Å². The highest BCUT2D eigenvalue weighted by atomic mass is 79.9. The van der Waals surface area contributed by atoms with Crippen molar-refractivity contribution in [3.8, 4) is 0 Å². The van der Waals surface area contributed by atoms with E-state index in [1.54, 1.807) is 7.05 Å². The van der Waals surface area contributed by atoms with Crippen molar-refractivity contribution in [3.63, 3.8) is 0 Å². The Morgan fingerprint density at radius 3 is 2.80 bits per heavy atom. The lowest BCUT2D eigenvalue weighted by molar-refractivity contribution is -0.119. The monoisotopic (exact) mass is 339 g/mol. The summed E-state index contributed by atoms with van der Waals surface area (Å²) in [5.74, 6) is 0.0378. The molecular weight excluding hydrogens is 318 g/mol. The van der Waals surface area contributed by atoms with Crippen molar-refractivity contribution in [1.82, 2.24) is 10.6 Å². The second-order valence-corrected chi connectivity index (χ2v) is 6.03. The number of hydrogen-bond acceptors (Lipinski definition) is 3. The van der Waals surface area contributed by atoms with Crippen LogP contribution in [0.1, 0.15) is 25.3 Å². The molecule has 0 atom stereocenters. The summed E-state index contributed by atoms with van der Waals surface area (Å²) in [5.41, 5.74) is 2.37. The number of hydrogen-bond donors (Lipinski definition) is 2. The summed E-state index contributed by atoms with van der Waals surface area (Å²) in [7, 11) is 1.67. The zero-order chi connectivity index (χ0) is 14.5. The van der Waals surface area contributed by atoms with Gasteiger partial charge in [0.25, 0.3) is 0 Å². The fourth-order valence-electron chi connectivity index (χ4n) is 2.17. The number of carbonyl (C=O) groups is 1. The Bertz CT molecular complexity index is 474. The number of benzene rings is 1. The van der Waals surface area contributed by atoms with Gasteiger partial charge in [-0.1, -0.05) is 15.9 Å². The standard InChI is InChI=1S/C15H22BrN3O/c1-3-19(10-15(20)17-2)14-7-4-12(16)8-11(14)9-18-13-5-6-13/h4,7-8,13,18H,3,5-6,9-10H2,1-2H3,(H,17,20). The maximum Gasteiger partial charge on any atom is 0.239 e. The average molecular weight is 340 g/mol. The van der Waals surface area contributed by atoms with Crippen molar-refractivity contribution in [2.75, 3.05) is 25.0 Å². The molecule has 0 unspecified atom stereocenters. The quantitative estimate of drug-likeness (QED) is 0.800. The summed E-state index contributed by atoms with van der Waals surface area (Å²) >= 11 is 3.53. The van der Waals surface area contributed by atoms with E-state index in [0.29, 0.717) is 12.6 Å². The first kappa shape index (κ1) is 15.3. The topological polar surface area (TPSA) is 44.4 Å². The van der Waals surface area contributed by atoms with E-state index in [2.05, 4.69) is 50.5 Å². The lowest BCUT2D eigenvalue weighted by Crippen LogP contribution is -2.36. The number of carbonyl (C=O) groups excluding carboxylic acids is 1. The second kappa shape index (κ2) is 7.09. The predicted molar refractivity (Wildman–Crippen MR) is 86.0 cm³/mol. The highest BCUT2D eigenvalue weighted by molar-refractivity contribution is 9.10. The van der Waals surface area contributed by atoms with Crippen LogP contribution in [-0.2, 0) is 11.3 Å². The van der Waals surface area contributed by atoms with E-state index in [1.165, 1.54) is 18.4 Å². The minimum atomic E-state index is 0.0378. The molecule has 1 amide bonds. The van der Waals surface area contributed by atoms with Crippen molar-refractivity contribution in [2.24, 2.45) is 0 Å². The van der Waals surface area contributed by atoms with Gasteiger partial charge in [-0.15, -0.1) is 0 Å². The Morgan fingerprint density at radius 2 is 2.20 bits per heavy atom. The second-order valence-electron chi connectivity index (χ2n) is 5.12. The molecule has 0 spiro atoms. The molecule has 0 heterocycles.